The highest BCUT2D eigenvalue weighted by molar-refractivity contribution is 6.31. The van der Waals surface area contributed by atoms with Gasteiger partial charge >= 0.3 is 0 Å². The summed E-state index contributed by atoms with van der Waals surface area (Å²) in [5, 5.41) is 15.9. The molecule has 4 rings (SSSR count). The molecule has 9 nitrogen and oxygen atoms in total. The molecule has 2 heterocycles. The number of methoxy groups -OCH3 is 1. The van der Waals surface area contributed by atoms with Gasteiger partial charge in [-0.05, 0) is 62.5 Å². The van der Waals surface area contributed by atoms with Gasteiger partial charge in [-0.1, -0.05) is 11.6 Å². The number of aromatic hydroxyl groups is 1. The van der Waals surface area contributed by atoms with E-state index in [-0.39, 0.29) is 27.8 Å². The summed E-state index contributed by atoms with van der Waals surface area (Å²) in [5.41, 5.74) is 1.39. The van der Waals surface area contributed by atoms with E-state index in [0.29, 0.717) is 11.3 Å². The van der Waals surface area contributed by atoms with E-state index in [0.717, 1.165) is 38.3 Å². The van der Waals surface area contributed by atoms with Crippen LogP contribution in [0, 0.1) is 0 Å². The van der Waals surface area contributed by atoms with Gasteiger partial charge in [0.2, 0.25) is 0 Å². The van der Waals surface area contributed by atoms with Crippen molar-refractivity contribution in [1.29, 1.82) is 0 Å². The maximum atomic E-state index is 13.0. The fourth-order valence-electron chi connectivity index (χ4n) is 3.98. The molecule has 0 atom stereocenters. The molecule has 0 saturated carbocycles. The Hall–Kier alpha value is -3.82. The summed E-state index contributed by atoms with van der Waals surface area (Å²) in [6, 6.07) is 13.1. The predicted molar refractivity (Wildman–Crippen MR) is 141 cm³/mol. The van der Waals surface area contributed by atoms with Crippen LogP contribution in [-0.4, -0.2) is 67.1 Å². The molecule has 3 aromatic rings. The maximum Gasteiger partial charge on any atom is 0.259 e. The summed E-state index contributed by atoms with van der Waals surface area (Å²) in [7, 11) is 3.63. The third kappa shape index (κ3) is 6.05. The van der Waals surface area contributed by atoms with Gasteiger partial charge in [0.05, 0.1) is 24.6 Å². The molecule has 188 valence electrons. The first kappa shape index (κ1) is 25.3. The lowest BCUT2D eigenvalue weighted by molar-refractivity contribution is 0.102. The van der Waals surface area contributed by atoms with Gasteiger partial charge in [-0.25, -0.2) is 4.98 Å². The fourth-order valence-corrected chi connectivity index (χ4v) is 4.19. The number of benzene rings is 2. The highest BCUT2D eigenvalue weighted by Gasteiger charge is 2.20. The van der Waals surface area contributed by atoms with E-state index in [1.807, 2.05) is 12.1 Å². The molecule has 0 aliphatic carbocycles. The number of nitrogens with zero attached hydrogens (tertiary/aromatic N) is 3. The van der Waals surface area contributed by atoms with E-state index in [1.54, 1.807) is 24.3 Å². The van der Waals surface area contributed by atoms with Crippen molar-refractivity contribution in [2.45, 2.75) is 6.42 Å². The first-order chi connectivity index (χ1) is 17.3. The number of carbonyl (C=O) groups excluding carboxylic acids is 2. The van der Waals surface area contributed by atoms with Crippen LogP contribution in [0.2, 0.25) is 5.02 Å². The zero-order chi connectivity index (χ0) is 25.7. The Morgan fingerprint density at radius 1 is 1.00 bits per heavy atom. The predicted octanol–water partition coefficient (Wildman–Crippen LogP) is 4.10. The van der Waals surface area contributed by atoms with E-state index in [4.69, 9.17) is 16.3 Å². The number of hydrogen-bond acceptors (Lipinski definition) is 7. The summed E-state index contributed by atoms with van der Waals surface area (Å²) in [6.45, 7) is 3.92. The number of pyridine rings is 1. The average Bonchev–Trinajstić information content (AvgIpc) is 3.10. The highest BCUT2D eigenvalue weighted by Crippen LogP contribution is 2.33. The Balaban J connectivity index is 1.51. The number of phenolic OH excluding ortho intramolecular Hbond substituents is 1. The zero-order valence-corrected chi connectivity index (χ0v) is 20.9. The van der Waals surface area contributed by atoms with Crippen LogP contribution in [0.25, 0.3) is 0 Å². The van der Waals surface area contributed by atoms with Gasteiger partial charge in [-0.15, -0.1) is 0 Å². The van der Waals surface area contributed by atoms with Gasteiger partial charge in [-0.3, -0.25) is 9.59 Å². The number of rotatable bonds is 6. The second kappa shape index (κ2) is 11.3. The lowest BCUT2D eigenvalue weighted by Crippen LogP contribution is -2.28. The molecule has 1 saturated heterocycles. The topological polar surface area (TPSA) is 107 Å². The van der Waals surface area contributed by atoms with E-state index in [2.05, 4.69) is 32.5 Å². The molecule has 10 heteroatoms. The number of halogens is 1. The van der Waals surface area contributed by atoms with Crippen molar-refractivity contribution in [3.8, 4) is 11.5 Å². The number of aromatic nitrogens is 1. The van der Waals surface area contributed by atoms with Crippen LogP contribution in [0.4, 0.5) is 17.2 Å². The van der Waals surface area contributed by atoms with Gasteiger partial charge < -0.3 is 30.3 Å². The molecule has 0 unspecified atom stereocenters. The third-order valence-electron chi connectivity index (χ3n) is 5.99. The minimum Gasteiger partial charge on any atom is -0.506 e. The van der Waals surface area contributed by atoms with Crippen LogP contribution >= 0.6 is 11.6 Å². The second-order valence-electron chi connectivity index (χ2n) is 8.53. The molecule has 3 N–H and O–H groups in total. The SMILES string of the molecule is COc1ccc(NC(=O)c2cc(Cl)cc(O)c2NC(=O)c2ccc(N3CCCN(C)CC3)cc2)nc1. The van der Waals surface area contributed by atoms with Crippen LogP contribution in [0.5, 0.6) is 11.5 Å². The Morgan fingerprint density at radius 2 is 1.78 bits per heavy atom. The molecule has 2 aromatic carbocycles. The molecule has 1 aliphatic heterocycles. The number of amides is 2. The van der Waals surface area contributed by atoms with Gasteiger partial charge in [0.15, 0.2) is 0 Å². The van der Waals surface area contributed by atoms with Crippen molar-refractivity contribution in [3.05, 3.63) is 70.9 Å². The number of phenols is 1. The molecule has 2 amide bonds. The fraction of sp³-hybridized carbons (Fsp3) is 0.269. The van der Waals surface area contributed by atoms with Crippen molar-refractivity contribution in [1.82, 2.24) is 9.88 Å². The number of hydrogen-bond donors (Lipinski definition) is 3. The van der Waals surface area contributed by atoms with E-state index >= 15 is 0 Å². The number of nitrogens with one attached hydrogen (secondary N) is 2. The molecular formula is C26H28ClN5O4. The van der Waals surface area contributed by atoms with Crippen molar-refractivity contribution >= 4 is 40.6 Å². The smallest absolute Gasteiger partial charge is 0.259 e. The second-order valence-corrected chi connectivity index (χ2v) is 8.97. The maximum absolute atomic E-state index is 13.0. The largest absolute Gasteiger partial charge is 0.506 e. The monoisotopic (exact) mass is 509 g/mol. The number of carbonyl (C=O) groups is 2. The standard InChI is InChI=1S/C26H28ClN5O4/c1-31-10-3-11-32(13-12-31)19-6-4-17(5-7-19)25(34)30-24-21(14-18(27)15-22(24)33)26(35)29-23-9-8-20(36-2)16-28-23/h4-9,14-16,33H,3,10-13H2,1-2H3,(H,30,34)(H,28,29,35). The van der Waals surface area contributed by atoms with Gasteiger partial charge in [0.25, 0.3) is 11.8 Å². The summed E-state index contributed by atoms with van der Waals surface area (Å²) in [4.78, 5) is 34.7. The molecule has 0 radical (unpaired) electrons. The molecule has 1 aromatic heterocycles. The van der Waals surface area contributed by atoms with Crippen LogP contribution in [0.15, 0.2) is 54.7 Å². The Kier molecular flexibility index (Phi) is 7.92. The van der Waals surface area contributed by atoms with Crippen molar-refractivity contribution in [2.24, 2.45) is 0 Å². The average molecular weight is 510 g/mol. The summed E-state index contributed by atoms with van der Waals surface area (Å²) in [5.74, 6) is -0.578. The lowest BCUT2D eigenvalue weighted by Gasteiger charge is -2.23. The van der Waals surface area contributed by atoms with Crippen molar-refractivity contribution < 1.29 is 19.4 Å². The molecule has 1 aliphatic rings. The number of ether oxygens (including phenoxy) is 1. The zero-order valence-electron chi connectivity index (χ0n) is 20.1. The van der Waals surface area contributed by atoms with Crippen molar-refractivity contribution in [2.75, 3.05) is 55.9 Å². The Bertz CT molecular complexity index is 1230. The minimum atomic E-state index is -0.595. The third-order valence-corrected chi connectivity index (χ3v) is 6.21. The van der Waals surface area contributed by atoms with Crippen molar-refractivity contribution in [3.63, 3.8) is 0 Å². The quantitative estimate of drug-likeness (QED) is 0.429. The first-order valence-corrected chi connectivity index (χ1v) is 11.9. The van der Waals surface area contributed by atoms with Crippen LogP contribution < -0.4 is 20.3 Å². The van der Waals surface area contributed by atoms with Gasteiger partial charge in [0.1, 0.15) is 17.3 Å². The number of anilines is 3. The molecule has 0 spiro atoms. The first-order valence-electron chi connectivity index (χ1n) is 11.5. The Labute approximate surface area is 214 Å². The van der Waals surface area contributed by atoms with Crippen LogP contribution in [-0.2, 0) is 0 Å². The van der Waals surface area contributed by atoms with Gasteiger partial charge in [-0.2, -0.15) is 0 Å². The van der Waals surface area contributed by atoms with E-state index < -0.39 is 11.8 Å². The summed E-state index contributed by atoms with van der Waals surface area (Å²) < 4.78 is 5.07. The molecule has 36 heavy (non-hydrogen) atoms. The molecular weight excluding hydrogens is 482 g/mol. The summed E-state index contributed by atoms with van der Waals surface area (Å²) >= 11 is 6.08. The number of likely N-dealkylation sites (N-methyl/N-ethyl adjacent to an activating group) is 1. The Morgan fingerprint density at radius 3 is 2.47 bits per heavy atom. The van der Waals surface area contributed by atoms with E-state index in [9.17, 15) is 14.7 Å². The van der Waals surface area contributed by atoms with Crippen LogP contribution in [0.1, 0.15) is 27.1 Å². The lowest BCUT2D eigenvalue weighted by atomic mass is 10.1. The highest BCUT2D eigenvalue weighted by atomic mass is 35.5. The molecule has 0 bridgehead atoms. The van der Waals surface area contributed by atoms with Crippen LogP contribution in [0.3, 0.4) is 0 Å². The normalized spacial score (nSPS) is 14.1. The molecule has 1 fully saturated rings. The minimum absolute atomic E-state index is 0.00345. The summed E-state index contributed by atoms with van der Waals surface area (Å²) in [6.07, 6.45) is 2.53. The van der Waals surface area contributed by atoms with Gasteiger partial charge in [0, 0.05) is 42.0 Å². The van der Waals surface area contributed by atoms with E-state index in [1.165, 1.54) is 25.4 Å².